The molecule has 0 amide bonds. The molecule has 0 radical (unpaired) electrons. The average molecular weight is 346 g/mol. The van der Waals surface area contributed by atoms with E-state index in [0.29, 0.717) is 23.0 Å². The van der Waals surface area contributed by atoms with Crippen LogP contribution in [0.4, 0.5) is 5.69 Å². The number of hydrogen-bond donors (Lipinski definition) is 0. The minimum absolute atomic E-state index is 0.0155. The van der Waals surface area contributed by atoms with E-state index in [2.05, 4.69) is 20.3 Å². The van der Waals surface area contributed by atoms with Gasteiger partial charge in [0, 0.05) is 23.7 Å². The molecule has 0 unspecified atom stereocenters. The van der Waals surface area contributed by atoms with Crippen LogP contribution in [0.1, 0.15) is 25.8 Å². The van der Waals surface area contributed by atoms with E-state index in [4.69, 9.17) is 4.52 Å². The van der Waals surface area contributed by atoms with E-state index in [1.54, 1.807) is 18.5 Å². The molecule has 0 aliphatic heterocycles. The highest BCUT2D eigenvalue weighted by Gasteiger charge is 2.14. The standard InChI is InChI=1S/C14H14N6O3S/c1-9(2)19-8-15-17-14(19)24-7-12-16-13(18-23-12)10-4-3-5-11(6-10)20(21)22/h3-6,8-9H,7H2,1-2H3. The van der Waals surface area contributed by atoms with Crippen molar-refractivity contribution in [3.8, 4) is 11.4 Å². The Kier molecular flexibility index (Phi) is 4.56. The highest BCUT2D eigenvalue weighted by molar-refractivity contribution is 7.98. The van der Waals surface area contributed by atoms with Gasteiger partial charge in [-0.25, -0.2) is 0 Å². The number of nitro benzene ring substituents is 1. The fourth-order valence-corrected chi connectivity index (χ4v) is 2.89. The molecular weight excluding hydrogens is 332 g/mol. The Bertz CT molecular complexity index is 860. The van der Waals surface area contributed by atoms with Gasteiger partial charge >= 0.3 is 0 Å². The zero-order valence-electron chi connectivity index (χ0n) is 13.0. The van der Waals surface area contributed by atoms with Crippen molar-refractivity contribution >= 4 is 17.4 Å². The van der Waals surface area contributed by atoms with Gasteiger partial charge in [0.15, 0.2) is 5.16 Å². The van der Waals surface area contributed by atoms with Gasteiger partial charge in [0.05, 0.1) is 10.7 Å². The molecule has 124 valence electrons. The summed E-state index contributed by atoms with van der Waals surface area (Å²) >= 11 is 1.44. The number of non-ortho nitro benzene ring substituents is 1. The summed E-state index contributed by atoms with van der Waals surface area (Å²) < 4.78 is 7.16. The van der Waals surface area contributed by atoms with Crippen LogP contribution >= 0.6 is 11.8 Å². The first-order chi connectivity index (χ1) is 11.5. The van der Waals surface area contributed by atoms with Gasteiger partial charge in [-0.1, -0.05) is 29.1 Å². The Morgan fingerprint density at radius 2 is 2.25 bits per heavy atom. The molecule has 0 saturated carbocycles. The highest BCUT2D eigenvalue weighted by atomic mass is 32.2. The molecule has 2 heterocycles. The molecule has 0 saturated heterocycles. The lowest BCUT2D eigenvalue weighted by molar-refractivity contribution is -0.384. The van der Waals surface area contributed by atoms with Crippen molar-refractivity contribution in [2.24, 2.45) is 0 Å². The summed E-state index contributed by atoms with van der Waals surface area (Å²) in [6.45, 7) is 4.08. The summed E-state index contributed by atoms with van der Waals surface area (Å²) in [6, 6.07) is 6.37. The first-order valence-corrected chi connectivity index (χ1v) is 8.13. The highest BCUT2D eigenvalue weighted by Crippen LogP contribution is 2.25. The Labute approximate surface area is 141 Å². The molecule has 0 bridgehead atoms. The van der Waals surface area contributed by atoms with Gasteiger partial charge in [-0.05, 0) is 13.8 Å². The smallest absolute Gasteiger partial charge is 0.270 e. The van der Waals surface area contributed by atoms with Gasteiger partial charge in [0.2, 0.25) is 11.7 Å². The molecule has 1 aromatic carbocycles. The molecular formula is C14H14N6O3S. The molecule has 0 aliphatic carbocycles. The fraction of sp³-hybridized carbons (Fsp3) is 0.286. The lowest BCUT2D eigenvalue weighted by Gasteiger charge is -2.07. The topological polar surface area (TPSA) is 113 Å². The Balaban J connectivity index is 1.73. The maximum Gasteiger partial charge on any atom is 0.270 e. The lowest BCUT2D eigenvalue weighted by atomic mass is 10.2. The van der Waals surface area contributed by atoms with E-state index in [1.165, 1.54) is 23.9 Å². The molecule has 3 aromatic rings. The SMILES string of the molecule is CC(C)n1cnnc1SCc1nc(-c2cccc([N+](=O)[O-])c2)no1. The second kappa shape index (κ2) is 6.79. The monoisotopic (exact) mass is 346 g/mol. The van der Waals surface area contributed by atoms with Gasteiger partial charge in [0.25, 0.3) is 5.69 Å². The minimum Gasteiger partial charge on any atom is -0.338 e. The summed E-state index contributed by atoms with van der Waals surface area (Å²) in [4.78, 5) is 14.7. The van der Waals surface area contributed by atoms with Crippen LogP contribution in [0.2, 0.25) is 0 Å². The molecule has 0 N–H and O–H groups in total. The van der Waals surface area contributed by atoms with E-state index >= 15 is 0 Å². The van der Waals surface area contributed by atoms with Crippen molar-refractivity contribution < 1.29 is 9.45 Å². The number of nitrogens with zero attached hydrogens (tertiary/aromatic N) is 6. The van der Waals surface area contributed by atoms with E-state index in [0.717, 1.165) is 5.16 Å². The second-order valence-electron chi connectivity index (χ2n) is 5.22. The quantitative estimate of drug-likeness (QED) is 0.380. The number of thioether (sulfide) groups is 1. The Hall–Kier alpha value is -2.75. The second-order valence-corrected chi connectivity index (χ2v) is 6.16. The zero-order valence-corrected chi connectivity index (χ0v) is 13.8. The van der Waals surface area contributed by atoms with Crippen molar-refractivity contribution in [3.05, 3.63) is 46.6 Å². The first-order valence-electron chi connectivity index (χ1n) is 7.14. The third-order valence-corrected chi connectivity index (χ3v) is 4.15. The van der Waals surface area contributed by atoms with Crippen LogP contribution in [0.5, 0.6) is 0 Å². The van der Waals surface area contributed by atoms with Gasteiger partial charge in [-0.15, -0.1) is 10.2 Å². The molecule has 0 fully saturated rings. The molecule has 10 heteroatoms. The molecule has 2 aromatic heterocycles. The summed E-state index contributed by atoms with van der Waals surface area (Å²) in [7, 11) is 0. The van der Waals surface area contributed by atoms with Crippen molar-refractivity contribution in [1.29, 1.82) is 0 Å². The fourth-order valence-electron chi connectivity index (χ4n) is 2.01. The Morgan fingerprint density at radius 3 is 3.00 bits per heavy atom. The molecule has 9 nitrogen and oxygen atoms in total. The van der Waals surface area contributed by atoms with E-state index < -0.39 is 4.92 Å². The maximum absolute atomic E-state index is 10.8. The number of nitro groups is 1. The van der Waals surface area contributed by atoms with Crippen molar-refractivity contribution in [2.45, 2.75) is 30.8 Å². The number of aromatic nitrogens is 5. The normalized spacial score (nSPS) is 11.1. The zero-order chi connectivity index (χ0) is 17.1. The minimum atomic E-state index is -0.459. The molecule has 0 atom stereocenters. The molecule has 24 heavy (non-hydrogen) atoms. The number of rotatable bonds is 6. The van der Waals surface area contributed by atoms with Crippen molar-refractivity contribution in [1.82, 2.24) is 24.9 Å². The number of benzene rings is 1. The van der Waals surface area contributed by atoms with Crippen molar-refractivity contribution in [2.75, 3.05) is 0 Å². The van der Waals surface area contributed by atoms with Gasteiger partial charge in [0.1, 0.15) is 6.33 Å². The van der Waals surface area contributed by atoms with Gasteiger partial charge in [-0.3, -0.25) is 10.1 Å². The third kappa shape index (κ3) is 3.43. The molecule has 0 aliphatic rings. The molecule has 3 rings (SSSR count). The van der Waals surface area contributed by atoms with Gasteiger partial charge in [-0.2, -0.15) is 4.98 Å². The van der Waals surface area contributed by atoms with Crippen LogP contribution in [-0.4, -0.2) is 29.8 Å². The predicted molar refractivity (Wildman–Crippen MR) is 86.4 cm³/mol. The third-order valence-electron chi connectivity index (χ3n) is 3.20. The summed E-state index contributed by atoms with van der Waals surface area (Å²) in [5.74, 6) is 1.17. The lowest BCUT2D eigenvalue weighted by Crippen LogP contribution is -2.00. The van der Waals surface area contributed by atoms with Crippen LogP contribution in [-0.2, 0) is 5.75 Å². The summed E-state index contributed by atoms with van der Waals surface area (Å²) in [6.07, 6.45) is 1.68. The molecule has 0 spiro atoms. The van der Waals surface area contributed by atoms with Crippen LogP contribution in [0.15, 0.2) is 40.3 Å². The van der Waals surface area contributed by atoms with E-state index in [-0.39, 0.29) is 11.7 Å². The summed E-state index contributed by atoms with van der Waals surface area (Å²) in [5.41, 5.74) is 0.521. The van der Waals surface area contributed by atoms with E-state index in [9.17, 15) is 10.1 Å². The van der Waals surface area contributed by atoms with Crippen LogP contribution in [0.25, 0.3) is 11.4 Å². The predicted octanol–water partition coefficient (Wildman–Crippen LogP) is 3.11. The number of hydrogen-bond acceptors (Lipinski definition) is 8. The largest absolute Gasteiger partial charge is 0.338 e. The van der Waals surface area contributed by atoms with Crippen molar-refractivity contribution in [3.63, 3.8) is 0 Å². The Morgan fingerprint density at radius 1 is 1.42 bits per heavy atom. The maximum atomic E-state index is 10.8. The van der Waals surface area contributed by atoms with Crippen LogP contribution < -0.4 is 0 Å². The van der Waals surface area contributed by atoms with Gasteiger partial charge < -0.3 is 9.09 Å². The van der Waals surface area contributed by atoms with Crippen LogP contribution in [0, 0.1) is 10.1 Å². The van der Waals surface area contributed by atoms with E-state index in [1.807, 2.05) is 18.4 Å². The average Bonchev–Trinajstić information content (AvgIpc) is 3.22. The summed E-state index contributed by atoms with van der Waals surface area (Å²) in [5, 5.41) is 23.4. The first kappa shape index (κ1) is 16.1. The van der Waals surface area contributed by atoms with Crippen LogP contribution in [0.3, 0.4) is 0 Å².